The Morgan fingerprint density at radius 1 is 1.10 bits per heavy atom. The third-order valence-corrected chi connectivity index (χ3v) is 5.26. The summed E-state index contributed by atoms with van der Waals surface area (Å²) in [5.74, 6) is 0. The maximum atomic E-state index is 6.55. The summed E-state index contributed by atoms with van der Waals surface area (Å²) in [6.45, 7) is 0.942. The van der Waals surface area contributed by atoms with E-state index in [0.717, 1.165) is 17.6 Å². The largest absolute Gasteiger partial charge is 0.370 e. The fourth-order valence-corrected chi connectivity index (χ4v) is 3.79. The van der Waals surface area contributed by atoms with Gasteiger partial charge in [0.05, 0.1) is 10.7 Å². The van der Waals surface area contributed by atoms with E-state index < -0.39 is 0 Å². The molecular formula is C18H27ClN2. The number of rotatable bonds is 5. The van der Waals surface area contributed by atoms with Gasteiger partial charge in [0.1, 0.15) is 0 Å². The van der Waals surface area contributed by atoms with Gasteiger partial charge >= 0.3 is 0 Å². The highest BCUT2D eigenvalue weighted by Gasteiger charge is 2.23. The van der Waals surface area contributed by atoms with Crippen LogP contribution in [0.3, 0.4) is 0 Å². The normalized spacial score (nSPS) is 20.3. The molecule has 2 aliphatic carbocycles. The molecule has 2 nitrogen and oxygen atoms in total. The van der Waals surface area contributed by atoms with Gasteiger partial charge in [-0.05, 0) is 37.3 Å². The summed E-state index contributed by atoms with van der Waals surface area (Å²) in [4.78, 5) is 2.46. The molecule has 0 spiro atoms. The Bertz CT molecular complexity index is 462. The van der Waals surface area contributed by atoms with E-state index in [1.807, 2.05) is 6.07 Å². The van der Waals surface area contributed by atoms with Gasteiger partial charge in [-0.1, -0.05) is 49.4 Å². The van der Waals surface area contributed by atoms with Crippen LogP contribution in [0.2, 0.25) is 5.02 Å². The molecular weight excluding hydrogens is 280 g/mol. The average Bonchev–Trinajstić information content (AvgIpc) is 3.31. The van der Waals surface area contributed by atoms with Crippen LogP contribution in [0.15, 0.2) is 18.2 Å². The van der Waals surface area contributed by atoms with Crippen molar-refractivity contribution in [3.63, 3.8) is 0 Å². The highest BCUT2D eigenvalue weighted by molar-refractivity contribution is 6.33. The fourth-order valence-electron chi connectivity index (χ4n) is 3.47. The van der Waals surface area contributed by atoms with E-state index in [9.17, 15) is 0 Å². The van der Waals surface area contributed by atoms with E-state index in [1.54, 1.807) is 0 Å². The molecule has 2 fully saturated rings. The zero-order valence-corrected chi connectivity index (χ0v) is 13.8. The van der Waals surface area contributed by atoms with Crippen molar-refractivity contribution in [3.8, 4) is 0 Å². The Morgan fingerprint density at radius 2 is 1.81 bits per heavy atom. The second kappa shape index (κ2) is 7.02. The van der Waals surface area contributed by atoms with Crippen LogP contribution in [-0.2, 0) is 6.54 Å². The molecule has 0 aliphatic heterocycles. The van der Waals surface area contributed by atoms with Crippen LogP contribution in [0, 0.1) is 0 Å². The Kier molecular flexibility index (Phi) is 5.07. The van der Waals surface area contributed by atoms with E-state index in [0.29, 0.717) is 6.04 Å². The van der Waals surface area contributed by atoms with E-state index in [1.165, 1.54) is 62.6 Å². The van der Waals surface area contributed by atoms with Crippen LogP contribution in [0.1, 0.15) is 56.9 Å². The van der Waals surface area contributed by atoms with Crippen molar-refractivity contribution in [1.29, 1.82) is 0 Å². The van der Waals surface area contributed by atoms with Gasteiger partial charge in [0.2, 0.25) is 0 Å². The molecule has 2 aliphatic rings. The first-order valence-electron chi connectivity index (χ1n) is 8.49. The maximum Gasteiger partial charge on any atom is 0.0642 e. The third-order valence-electron chi connectivity index (χ3n) is 4.95. The number of anilines is 1. The lowest BCUT2D eigenvalue weighted by molar-refractivity contribution is 0.550. The molecule has 3 heteroatoms. The third kappa shape index (κ3) is 3.92. The lowest BCUT2D eigenvalue weighted by Gasteiger charge is -2.32. The number of nitrogens with zero attached hydrogens (tertiary/aromatic N) is 1. The molecule has 0 amide bonds. The van der Waals surface area contributed by atoms with Crippen LogP contribution < -0.4 is 10.2 Å². The highest BCUT2D eigenvalue weighted by atomic mass is 35.5. The molecule has 21 heavy (non-hydrogen) atoms. The van der Waals surface area contributed by atoms with Crippen molar-refractivity contribution in [1.82, 2.24) is 5.32 Å². The summed E-state index contributed by atoms with van der Waals surface area (Å²) in [5, 5.41) is 4.53. The zero-order valence-electron chi connectivity index (χ0n) is 13.1. The predicted octanol–water partition coefficient (Wildman–Crippen LogP) is 4.75. The molecule has 3 rings (SSSR count). The van der Waals surface area contributed by atoms with E-state index in [2.05, 4.69) is 29.4 Å². The second-order valence-corrected chi connectivity index (χ2v) is 7.07. The summed E-state index contributed by atoms with van der Waals surface area (Å²) in [6, 6.07) is 7.72. The molecule has 0 saturated heterocycles. The molecule has 1 N–H and O–H groups in total. The summed E-state index contributed by atoms with van der Waals surface area (Å²) < 4.78 is 0. The summed E-state index contributed by atoms with van der Waals surface area (Å²) in [5.41, 5.74) is 2.60. The number of hydrogen-bond donors (Lipinski definition) is 1. The maximum absolute atomic E-state index is 6.55. The van der Waals surface area contributed by atoms with E-state index in [4.69, 9.17) is 11.6 Å². The second-order valence-electron chi connectivity index (χ2n) is 6.66. The van der Waals surface area contributed by atoms with Crippen molar-refractivity contribution < 1.29 is 0 Å². The molecule has 2 saturated carbocycles. The predicted molar refractivity (Wildman–Crippen MR) is 91.2 cm³/mol. The van der Waals surface area contributed by atoms with E-state index in [-0.39, 0.29) is 0 Å². The number of halogens is 1. The lowest BCUT2D eigenvalue weighted by atomic mass is 10.0. The molecule has 0 heterocycles. The quantitative estimate of drug-likeness (QED) is 0.790. The minimum Gasteiger partial charge on any atom is -0.370 e. The van der Waals surface area contributed by atoms with Gasteiger partial charge in [-0.2, -0.15) is 0 Å². The van der Waals surface area contributed by atoms with Crippen LogP contribution in [0.5, 0.6) is 0 Å². The Morgan fingerprint density at radius 3 is 2.48 bits per heavy atom. The first kappa shape index (κ1) is 15.2. The summed E-state index contributed by atoms with van der Waals surface area (Å²) >= 11 is 6.55. The van der Waals surface area contributed by atoms with E-state index >= 15 is 0 Å². The minimum atomic E-state index is 0.645. The summed E-state index contributed by atoms with van der Waals surface area (Å²) in [7, 11) is 2.23. The Labute approximate surface area is 133 Å². The highest BCUT2D eigenvalue weighted by Crippen LogP contribution is 2.34. The first-order valence-corrected chi connectivity index (χ1v) is 8.87. The van der Waals surface area contributed by atoms with Crippen LogP contribution in [0.4, 0.5) is 5.69 Å². The molecule has 0 aromatic heterocycles. The minimum absolute atomic E-state index is 0.645. The smallest absolute Gasteiger partial charge is 0.0642 e. The Hall–Kier alpha value is -0.730. The van der Waals surface area contributed by atoms with Crippen molar-refractivity contribution in [2.75, 3.05) is 11.9 Å². The molecule has 116 valence electrons. The topological polar surface area (TPSA) is 15.3 Å². The number of hydrogen-bond acceptors (Lipinski definition) is 2. The van der Waals surface area contributed by atoms with Gasteiger partial charge in [0.25, 0.3) is 0 Å². The SMILES string of the molecule is CN(c1c(Cl)cccc1CNC1CC1)C1CCCCCC1. The number of nitrogens with one attached hydrogen (secondary N) is 1. The average molecular weight is 307 g/mol. The molecule has 1 aromatic carbocycles. The zero-order chi connectivity index (χ0) is 14.7. The van der Waals surface area contributed by atoms with Crippen LogP contribution in [0.25, 0.3) is 0 Å². The van der Waals surface area contributed by atoms with Gasteiger partial charge in [-0.25, -0.2) is 0 Å². The van der Waals surface area contributed by atoms with Crippen molar-refractivity contribution >= 4 is 17.3 Å². The van der Waals surface area contributed by atoms with Crippen LogP contribution >= 0.6 is 11.6 Å². The van der Waals surface area contributed by atoms with Crippen molar-refractivity contribution in [2.45, 2.75) is 70.0 Å². The number of benzene rings is 1. The van der Waals surface area contributed by atoms with Crippen LogP contribution in [-0.4, -0.2) is 19.1 Å². The van der Waals surface area contributed by atoms with Gasteiger partial charge in [0, 0.05) is 25.7 Å². The molecule has 1 aromatic rings. The lowest BCUT2D eigenvalue weighted by Crippen LogP contribution is -2.32. The van der Waals surface area contributed by atoms with Crippen molar-refractivity contribution in [3.05, 3.63) is 28.8 Å². The first-order chi connectivity index (χ1) is 10.3. The number of para-hydroxylation sites is 1. The van der Waals surface area contributed by atoms with Gasteiger partial charge in [-0.3, -0.25) is 0 Å². The van der Waals surface area contributed by atoms with Gasteiger partial charge in [-0.15, -0.1) is 0 Å². The molecule has 0 unspecified atom stereocenters. The molecule has 0 atom stereocenters. The summed E-state index contributed by atoms with van der Waals surface area (Å²) in [6.07, 6.45) is 10.8. The van der Waals surface area contributed by atoms with Gasteiger partial charge < -0.3 is 10.2 Å². The molecule has 0 radical (unpaired) electrons. The molecule has 0 bridgehead atoms. The van der Waals surface area contributed by atoms with Gasteiger partial charge in [0.15, 0.2) is 0 Å². The Balaban J connectivity index is 1.77. The standard InChI is InChI=1S/C18H27ClN2/c1-21(16-8-4-2-3-5-9-16)18-14(7-6-10-17(18)19)13-20-15-11-12-15/h6-7,10,15-16,20H,2-5,8-9,11-13H2,1H3. The van der Waals surface area contributed by atoms with Crippen molar-refractivity contribution in [2.24, 2.45) is 0 Å². The monoisotopic (exact) mass is 306 g/mol. The fraction of sp³-hybridized carbons (Fsp3) is 0.667.